The molecule has 29 heavy (non-hydrogen) atoms. The lowest BCUT2D eigenvalue weighted by atomic mass is 9.95. The molecule has 0 saturated carbocycles. The zero-order valence-corrected chi connectivity index (χ0v) is 17.8. The summed E-state index contributed by atoms with van der Waals surface area (Å²) in [4.78, 5) is 8.86. The Labute approximate surface area is 176 Å². The number of aromatic nitrogens is 3. The topological polar surface area (TPSA) is 68.1 Å². The minimum Gasteiger partial charge on any atom is -0.339 e. The van der Waals surface area contributed by atoms with E-state index in [1.165, 1.54) is 10.6 Å². The number of hydrogen-bond acceptors (Lipinski definition) is 4. The van der Waals surface area contributed by atoms with Gasteiger partial charge in [0, 0.05) is 55.1 Å². The monoisotopic (exact) mass is 430 g/mol. The van der Waals surface area contributed by atoms with Gasteiger partial charge in [-0.05, 0) is 36.6 Å². The van der Waals surface area contributed by atoms with Crippen LogP contribution in [0, 0.1) is 0 Å². The molecule has 0 radical (unpaired) electrons. The molecule has 0 spiro atoms. The van der Waals surface area contributed by atoms with Gasteiger partial charge in [0.2, 0.25) is 0 Å². The summed E-state index contributed by atoms with van der Waals surface area (Å²) in [5.41, 5.74) is 2.89. The fraction of sp³-hybridized carbons (Fsp3) is 0.333. The van der Waals surface area contributed by atoms with Gasteiger partial charge in [0.05, 0.1) is 6.33 Å². The highest BCUT2D eigenvalue weighted by molar-refractivity contribution is 7.89. The van der Waals surface area contributed by atoms with Crippen LogP contribution < -0.4 is 0 Å². The summed E-state index contributed by atoms with van der Waals surface area (Å²) in [5, 5.41) is 0.825. The van der Waals surface area contributed by atoms with Crippen LogP contribution in [0.4, 0.5) is 0 Å². The van der Waals surface area contributed by atoms with Gasteiger partial charge in [0.15, 0.2) is 5.03 Å². The molecule has 152 valence electrons. The largest absolute Gasteiger partial charge is 0.339 e. The smallest absolute Gasteiger partial charge is 0.262 e. The second-order valence-electron chi connectivity index (χ2n) is 7.40. The lowest BCUT2D eigenvalue weighted by molar-refractivity contribution is 0.311. The standard InChI is InChI=1S/C21H23ClN4O2S/c1-25-14-21(23-15-25)29(27,28)26-11-5-7-17(13-26)20-10-4-8-18(24-20)12-16-6-2-3-9-19(16)22/h2-4,6,8-10,14-15,17H,5,7,11-13H2,1H3/t17-/m1/s1. The number of rotatable bonds is 5. The first kappa shape index (κ1) is 20.1. The van der Waals surface area contributed by atoms with Gasteiger partial charge < -0.3 is 4.57 Å². The van der Waals surface area contributed by atoms with Crippen LogP contribution in [0.15, 0.2) is 60.0 Å². The second kappa shape index (κ2) is 8.26. The van der Waals surface area contributed by atoms with Gasteiger partial charge in [-0.2, -0.15) is 4.31 Å². The summed E-state index contributed by atoms with van der Waals surface area (Å²) in [5.74, 6) is 0.0634. The Morgan fingerprint density at radius 1 is 1.17 bits per heavy atom. The summed E-state index contributed by atoms with van der Waals surface area (Å²) >= 11 is 6.28. The van der Waals surface area contributed by atoms with Gasteiger partial charge in [0.25, 0.3) is 10.0 Å². The first-order valence-electron chi connectivity index (χ1n) is 9.61. The number of piperidine rings is 1. The molecule has 1 aliphatic rings. The van der Waals surface area contributed by atoms with Crippen LogP contribution in [-0.4, -0.2) is 40.3 Å². The van der Waals surface area contributed by atoms with Crippen molar-refractivity contribution in [3.8, 4) is 0 Å². The third-order valence-corrected chi connectivity index (χ3v) is 7.37. The summed E-state index contributed by atoms with van der Waals surface area (Å²) in [6.07, 6.45) is 5.41. The summed E-state index contributed by atoms with van der Waals surface area (Å²) in [7, 11) is -1.83. The Morgan fingerprint density at radius 3 is 2.76 bits per heavy atom. The fourth-order valence-corrected chi connectivity index (χ4v) is 5.41. The molecule has 1 aromatic carbocycles. The minimum atomic E-state index is -3.59. The van der Waals surface area contributed by atoms with E-state index in [1.54, 1.807) is 17.8 Å². The van der Waals surface area contributed by atoms with Crippen molar-refractivity contribution in [1.82, 2.24) is 18.8 Å². The van der Waals surface area contributed by atoms with Crippen LogP contribution in [0.1, 0.15) is 35.7 Å². The van der Waals surface area contributed by atoms with Gasteiger partial charge in [-0.25, -0.2) is 13.4 Å². The maximum atomic E-state index is 12.9. The highest BCUT2D eigenvalue weighted by atomic mass is 35.5. The van der Waals surface area contributed by atoms with Crippen LogP contribution >= 0.6 is 11.6 Å². The number of pyridine rings is 1. The van der Waals surface area contributed by atoms with Gasteiger partial charge in [-0.3, -0.25) is 4.98 Å². The predicted octanol–water partition coefficient (Wildman–Crippen LogP) is 3.63. The SMILES string of the molecule is Cn1cnc(S(=O)(=O)N2CCC[C@@H](c3cccc(Cc4ccccc4Cl)n3)C2)c1. The van der Waals surface area contributed by atoms with E-state index in [9.17, 15) is 8.42 Å². The molecular formula is C21H23ClN4O2S. The zero-order valence-electron chi connectivity index (χ0n) is 16.2. The van der Waals surface area contributed by atoms with Crippen LogP contribution in [0.2, 0.25) is 5.02 Å². The molecule has 3 heterocycles. The molecule has 6 nitrogen and oxygen atoms in total. The number of hydrogen-bond donors (Lipinski definition) is 0. The van der Waals surface area contributed by atoms with E-state index in [-0.39, 0.29) is 10.9 Å². The van der Waals surface area contributed by atoms with Crippen LogP contribution in [0.3, 0.4) is 0 Å². The third kappa shape index (κ3) is 4.37. The van der Waals surface area contributed by atoms with E-state index in [2.05, 4.69) is 4.98 Å². The van der Waals surface area contributed by atoms with Crippen molar-refractivity contribution >= 4 is 21.6 Å². The maximum Gasteiger partial charge on any atom is 0.262 e. The molecule has 2 aromatic heterocycles. The molecule has 1 saturated heterocycles. The number of sulfonamides is 1. The van der Waals surface area contributed by atoms with E-state index in [1.807, 2.05) is 42.5 Å². The van der Waals surface area contributed by atoms with Gasteiger partial charge in [0.1, 0.15) is 0 Å². The van der Waals surface area contributed by atoms with Crippen molar-refractivity contribution in [3.63, 3.8) is 0 Å². The molecule has 3 aromatic rings. The molecule has 1 fully saturated rings. The Bertz CT molecular complexity index is 1110. The Hall–Kier alpha value is -2.22. The highest BCUT2D eigenvalue weighted by Gasteiger charge is 2.32. The molecule has 1 aliphatic heterocycles. The predicted molar refractivity (Wildman–Crippen MR) is 112 cm³/mol. The lowest BCUT2D eigenvalue weighted by Gasteiger charge is -2.31. The normalized spacial score (nSPS) is 18.1. The molecule has 1 atom stereocenters. The Balaban J connectivity index is 1.53. The van der Waals surface area contributed by atoms with Crippen molar-refractivity contribution < 1.29 is 8.42 Å². The third-order valence-electron chi connectivity index (χ3n) is 5.25. The molecule has 4 rings (SSSR count). The molecule has 0 unspecified atom stereocenters. The Kier molecular flexibility index (Phi) is 5.72. The van der Waals surface area contributed by atoms with Gasteiger partial charge in [-0.15, -0.1) is 0 Å². The summed E-state index contributed by atoms with van der Waals surface area (Å²) in [6.45, 7) is 0.927. The highest BCUT2D eigenvalue weighted by Crippen LogP contribution is 2.29. The first-order chi connectivity index (χ1) is 13.9. The Morgan fingerprint density at radius 2 is 2.00 bits per heavy atom. The van der Waals surface area contributed by atoms with Crippen LogP contribution in [0.5, 0.6) is 0 Å². The first-order valence-corrected chi connectivity index (χ1v) is 11.4. The van der Waals surface area contributed by atoms with Crippen LogP contribution in [0.25, 0.3) is 0 Å². The quantitative estimate of drug-likeness (QED) is 0.619. The van der Waals surface area contributed by atoms with Crippen molar-refractivity contribution in [3.05, 3.63) is 77.0 Å². The molecule has 8 heteroatoms. The molecule has 0 amide bonds. The van der Waals surface area contributed by atoms with E-state index in [4.69, 9.17) is 16.6 Å². The fourth-order valence-electron chi connectivity index (χ4n) is 3.72. The molecule has 0 bridgehead atoms. The van der Waals surface area contributed by atoms with Crippen molar-refractivity contribution in [2.45, 2.75) is 30.2 Å². The number of nitrogens with zero attached hydrogens (tertiary/aromatic N) is 4. The lowest BCUT2D eigenvalue weighted by Crippen LogP contribution is -2.39. The number of imidazole rings is 1. The number of halogens is 1. The average molecular weight is 431 g/mol. The average Bonchev–Trinajstić information content (AvgIpc) is 3.17. The minimum absolute atomic E-state index is 0.0634. The van der Waals surface area contributed by atoms with Crippen molar-refractivity contribution in [2.24, 2.45) is 7.05 Å². The summed E-state index contributed by atoms with van der Waals surface area (Å²) < 4.78 is 29.1. The van der Waals surface area contributed by atoms with Crippen molar-refractivity contribution in [2.75, 3.05) is 13.1 Å². The van der Waals surface area contributed by atoms with E-state index in [0.29, 0.717) is 19.5 Å². The van der Waals surface area contributed by atoms with E-state index < -0.39 is 10.0 Å². The number of aryl methyl sites for hydroxylation is 1. The molecule has 0 aliphatic carbocycles. The summed E-state index contributed by atoms with van der Waals surface area (Å²) in [6, 6.07) is 13.7. The van der Waals surface area contributed by atoms with Crippen LogP contribution in [-0.2, 0) is 23.5 Å². The zero-order chi connectivity index (χ0) is 20.4. The van der Waals surface area contributed by atoms with Gasteiger partial charge in [-0.1, -0.05) is 35.9 Å². The molecule has 0 N–H and O–H groups in total. The van der Waals surface area contributed by atoms with Crippen molar-refractivity contribution in [1.29, 1.82) is 0 Å². The van der Waals surface area contributed by atoms with E-state index >= 15 is 0 Å². The number of benzene rings is 1. The second-order valence-corrected chi connectivity index (χ2v) is 9.69. The maximum absolute atomic E-state index is 12.9. The molecular weight excluding hydrogens is 408 g/mol. The van der Waals surface area contributed by atoms with Gasteiger partial charge >= 0.3 is 0 Å². The van der Waals surface area contributed by atoms with E-state index in [0.717, 1.165) is 34.8 Å².